The second kappa shape index (κ2) is 37.1. The van der Waals surface area contributed by atoms with Crippen LogP contribution in [0.1, 0.15) is 80.7 Å². The van der Waals surface area contributed by atoms with Crippen molar-refractivity contribution >= 4 is 0 Å². The van der Waals surface area contributed by atoms with E-state index in [1.54, 1.807) is 14.2 Å². The second-order valence-corrected chi connectivity index (χ2v) is 15.6. The number of nitrogens with zero attached hydrogens (tertiary/aromatic N) is 2. The van der Waals surface area contributed by atoms with Crippen molar-refractivity contribution in [3.05, 3.63) is 207 Å². The van der Waals surface area contributed by atoms with E-state index < -0.39 is 0 Å². The van der Waals surface area contributed by atoms with Gasteiger partial charge in [-0.2, -0.15) is 0 Å². The average molecular weight is 1080 g/mol. The van der Waals surface area contributed by atoms with Crippen LogP contribution in [0.3, 0.4) is 0 Å². The number of hydrogen-bond donors (Lipinski definition) is 0. The number of methoxy groups -OCH3 is 2. The molecule has 0 aliphatic carbocycles. The van der Waals surface area contributed by atoms with Gasteiger partial charge < -0.3 is 37.9 Å². The van der Waals surface area contributed by atoms with Crippen molar-refractivity contribution in [2.24, 2.45) is 0 Å². The Morgan fingerprint density at radius 2 is 0.443 bits per heavy atom. The van der Waals surface area contributed by atoms with Crippen LogP contribution < -0.4 is 37.9 Å². The lowest BCUT2D eigenvalue weighted by Crippen LogP contribution is -2.05. The zero-order valence-corrected chi connectivity index (χ0v) is 39.6. The molecule has 9 aromatic rings. The molecule has 0 saturated carbocycles. The van der Waals surface area contributed by atoms with Gasteiger partial charge in [0.2, 0.25) is 13.6 Å². The summed E-state index contributed by atoms with van der Waals surface area (Å²) < 4.78 is 44.3. The first-order valence-corrected chi connectivity index (χ1v) is 23.0. The molecule has 10 heteroatoms. The topological polar surface area (TPSA) is 99.6 Å². The number of ether oxygens (including phenoxy) is 8. The normalized spacial score (nSPS) is 9.32. The molecule has 2 heterocycles. The fraction of sp³-hybridized carbons (Fsp3) is 0.246. The molecule has 0 N–H and O–H groups in total. The highest BCUT2D eigenvalue weighted by Crippen LogP contribution is 2.29. The van der Waals surface area contributed by atoms with E-state index in [0.717, 1.165) is 102 Å². The molecule has 0 atom stereocenters. The van der Waals surface area contributed by atoms with Gasteiger partial charge in [0, 0.05) is 34.6 Å². The van der Waals surface area contributed by atoms with Crippen LogP contribution in [0.5, 0.6) is 46.0 Å². The zero-order valence-electron chi connectivity index (χ0n) is 39.6. The zero-order chi connectivity index (χ0) is 48.3. The first-order valence-electron chi connectivity index (χ1n) is 23.0. The van der Waals surface area contributed by atoms with Crippen molar-refractivity contribution < 1.29 is 37.9 Å². The molecule has 0 fully saturated rings. The highest BCUT2D eigenvalue weighted by molar-refractivity contribution is 5.69. The van der Waals surface area contributed by atoms with Gasteiger partial charge in [-0.25, -0.2) is 0 Å². The Hall–Kier alpha value is -8.76. The second-order valence-electron chi connectivity index (χ2n) is 15.6. The first kappa shape index (κ1) is 72.3. The summed E-state index contributed by atoms with van der Waals surface area (Å²) in [6.45, 7) is 5.49. The Bertz CT molecular complexity index is 2950. The summed E-state index contributed by atoms with van der Waals surface area (Å²) in [5, 5.41) is 0. The maximum atomic E-state index is 5.78. The molecule has 0 saturated heterocycles. The SMILES string of the molecule is C.C.C.C.C.C.C.C.C.CCOc1ccc(-c2ccc(OCOc3ccc(-c4ccc(-c5ccc(OC)cc5)cn4)cc3)cc2)cc1.CCOc1ccc(OCOc2ccc(-c3ccc(-c4ccc(OC)cc4)cn3)cc2)cc1. The third kappa shape index (κ3) is 20.6. The maximum Gasteiger partial charge on any atom is 0.230 e. The fourth-order valence-corrected chi connectivity index (χ4v) is 7.27. The molecule has 0 aliphatic rings. The number of hydrogen-bond acceptors (Lipinski definition) is 10. The van der Waals surface area contributed by atoms with E-state index >= 15 is 0 Å². The van der Waals surface area contributed by atoms with E-state index in [4.69, 9.17) is 37.9 Å². The minimum atomic E-state index is 0. The predicted molar refractivity (Wildman–Crippen MR) is 337 cm³/mol. The Balaban J connectivity index is 0. The predicted octanol–water partition coefficient (Wildman–Crippen LogP) is 19.9. The molecular weight excluding hydrogens is 985 g/mol. The molecular formula is C69H90N2O8. The molecule has 424 valence electrons. The van der Waals surface area contributed by atoms with Gasteiger partial charge >= 0.3 is 0 Å². The molecule has 0 bridgehead atoms. The van der Waals surface area contributed by atoms with Crippen molar-refractivity contribution in [3.8, 4) is 102 Å². The minimum Gasteiger partial charge on any atom is -0.497 e. The van der Waals surface area contributed by atoms with Gasteiger partial charge in [0.15, 0.2) is 0 Å². The lowest BCUT2D eigenvalue weighted by Gasteiger charge is -2.10. The smallest absolute Gasteiger partial charge is 0.230 e. The highest BCUT2D eigenvalue weighted by Gasteiger charge is 2.07. The van der Waals surface area contributed by atoms with Gasteiger partial charge in [-0.05, 0) is 170 Å². The van der Waals surface area contributed by atoms with E-state index in [9.17, 15) is 0 Å². The maximum absolute atomic E-state index is 5.78. The van der Waals surface area contributed by atoms with Crippen LogP contribution in [0.2, 0.25) is 0 Å². The van der Waals surface area contributed by atoms with Crippen LogP contribution in [-0.4, -0.2) is 51.0 Å². The molecule has 0 unspecified atom stereocenters. The molecule has 10 nitrogen and oxygen atoms in total. The average Bonchev–Trinajstić information content (AvgIpc) is 3.43. The standard InChI is InChI=1S/C33H29NO4.C27H25NO4.9CH4/c1-3-36-30-15-6-24(7-16-30)25-8-17-31(18-9-25)37-23-38-32-19-10-27(11-20-32)33-21-12-28(22-34-33)26-4-13-29(35-2)14-5-26;1-3-30-24-13-15-26(16-14-24)32-19-31-25-11-6-21(7-12-25)27-17-8-22(18-28-27)20-4-9-23(29-2)10-5-20;;;;;;;;;/h4-22H,3,23H2,1-2H3;4-18H,3,19H2,1-2H3;9*1H4. The van der Waals surface area contributed by atoms with E-state index in [2.05, 4.69) is 34.2 Å². The number of pyridine rings is 2. The van der Waals surface area contributed by atoms with Crippen LogP contribution in [0.25, 0.3) is 55.9 Å². The summed E-state index contributed by atoms with van der Waals surface area (Å²) in [4.78, 5) is 9.25. The van der Waals surface area contributed by atoms with Gasteiger partial charge in [-0.15, -0.1) is 0 Å². The van der Waals surface area contributed by atoms with E-state index in [1.807, 2.05) is 196 Å². The van der Waals surface area contributed by atoms with Crippen molar-refractivity contribution in [3.63, 3.8) is 0 Å². The van der Waals surface area contributed by atoms with Gasteiger partial charge in [0.1, 0.15) is 46.0 Å². The Kier molecular flexibility index (Phi) is 33.9. The number of rotatable bonds is 19. The molecule has 0 spiro atoms. The quantitative estimate of drug-likeness (QED) is 0.0728. The summed E-state index contributed by atoms with van der Waals surface area (Å²) in [6.07, 6.45) is 3.77. The molecule has 0 radical (unpaired) electrons. The lowest BCUT2D eigenvalue weighted by molar-refractivity contribution is 0.119. The molecule has 0 aliphatic heterocycles. The van der Waals surface area contributed by atoms with Gasteiger partial charge in [-0.3, -0.25) is 9.97 Å². The first-order chi connectivity index (χ1) is 34.5. The van der Waals surface area contributed by atoms with Crippen LogP contribution >= 0.6 is 0 Å². The Labute approximate surface area is 475 Å². The third-order valence-corrected chi connectivity index (χ3v) is 11.1. The summed E-state index contributed by atoms with van der Waals surface area (Å²) in [6, 6.07) is 63.2. The molecule has 0 amide bonds. The van der Waals surface area contributed by atoms with E-state index in [1.165, 1.54) is 0 Å². The van der Waals surface area contributed by atoms with Crippen molar-refractivity contribution in [1.82, 2.24) is 9.97 Å². The Morgan fingerprint density at radius 3 is 0.671 bits per heavy atom. The molecule has 7 aromatic carbocycles. The third-order valence-electron chi connectivity index (χ3n) is 11.1. The van der Waals surface area contributed by atoms with E-state index in [0.29, 0.717) is 13.2 Å². The minimum absolute atomic E-state index is 0. The molecule has 79 heavy (non-hydrogen) atoms. The Morgan fingerprint density at radius 1 is 0.241 bits per heavy atom. The summed E-state index contributed by atoms with van der Waals surface area (Å²) >= 11 is 0. The fourth-order valence-electron chi connectivity index (χ4n) is 7.27. The van der Waals surface area contributed by atoms with Crippen LogP contribution in [0.15, 0.2) is 207 Å². The number of benzene rings is 7. The van der Waals surface area contributed by atoms with Gasteiger partial charge in [0.05, 0.1) is 38.8 Å². The largest absolute Gasteiger partial charge is 0.497 e. The van der Waals surface area contributed by atoms with Crippen LogP contribution in [0.4, 0.5) is 0 Å². The van der Waals surface area contributed by atoms with Gasteiger partial charge in [0.25, 0.3) is 0 Å². The lowest BCUT2D eigenvalue weighted by atomic mass is 10.1. The van der Waals surface area contributed by atoms with Crippen molar-refractivity contribution in [2.75, 3.05) is 41.0 Å². The molecule has 2 aromatic heterocycles. The summed E-state index contributed by atoms with van der Waals surface area (Å²) in [7, 11) is 3.33. The number of aromatic nitrogens is 2. The van der Waals surface area contributed by atoms with Crippen molar-refractivity contribution in [1.29, 1.82) is 0 Å². The van der Waals surface area contributed by atoms with Crippen LogP contribution in [-0.2, 0) is 0 Å². The highest BCUT2D eigenvalue weighted by atomic mass is 16.7. The van der Waals surface area contributed by atoms with Gasteiger partial charge in [-0.1, -0.05) is 128 Å². The monoisotopic (exact) mass is 1070 g/mol. The molecule has 9 rings (SSSR count). The van der Waals surface area contributed by atoms with Crippen molar-refractivity contribution in [2.45, 2.75) is 80.7 Å². The summed E-state index contributed by atoms with van der Waals surface area (Å²) in [5.74, 6) is 6.31. The van der Waals surface area contributed by atoms with E-state index in [-0.39, 0.29) is 80.4 Å². The summed E-state index contributed by atoms with van der Waals surface area (Å²) in [5.41, 5.74) is 10.4. The van der Waals surface area contributed by atoms with Crippen LogP contribution in [0, 0.1) is 0 Å².